The number of ether oxygens (including phenoxy) is 3. The van der Waals surface area contributed by atoms with Crippen molar-refractivity contribution in [2.24, 2.45) is 0 Å². The fourth-order valence-electron chi connectivity index (χ4n) is 2.97. The van der Waals surface area contributed by atoms with E-state index in [0.717, 1.165) is 17.0 Å². The molecule has 0 radical (unpaired) electrons. The summed E-state index contributed by atoms with van der Waals surface area (Å²) < 4.78 is 21.6. The zero-order chi connectivity index (χ0) is 20.2. The van der Waals surface area contributed by atoms with Gasteiger partial charge in [-0.3, -0.25) is 0 Å². The van der Waals surface area contributed by atoms with Crippen LogP contribution < -0.4 is 14.2 Å². The van der Waals surface area contributed by atoms with E-state index >= 15 is 0 Å². The highest BCUT2D eigenvalue weighted by atomic mass is 16.5. The molecular weight excluding hydrogens is 370 g/mol. The number of pyridine rings is 1. The normalized spacial score (nSPS) is 10.6. The summed E-state index contributed by atoms with van der Waals surface area (Å²) in [4.78, 5) is 9.10. The van der Waals surface area contributed by atoms with E-state index in [9.17, 15) is 0 Å². The van der Waals surface area contributed by atoms with Crippen LogP contribution in [0.5, 0.6) is 17.4 Å². The summed E-state index contributed by atoms with van der Waals surface area (Å²) in [6, 6.07) is 18.9. The minimum Gasteiger partial charge on any atom is -0.497 e. The van der Waals surface area contributed by atoms with Crippen LogP contribution in [0, 0.1) is 0 Å². The third-order valence-corrected chi connectivity index (χ3v) is 4.42. The Morgan fingerprint density at radius 1 is 0.759 bits per heavy atom. The first-order chi connectivity index (χ1) is 14.2. The lowest BCUT2D eigenvalue weighted by molar-refractivity contribution is 0.397. The first-order valence-corrected chi connectivity index (χ1v) is 8.90. The third-order valence-electron chi connectivity index (χ3n) is 4.42. The van der Waals surface area contributed by atoms with Crippen LogP contribution in [0.3, 0.4) is 0 Å². The number of hydrogen-bond donors (Lipinski definition) is 0. The van der Waals surface area contributed by atoms with Crippen molar-refractivity contribution in [1.29, 1.82) is 0 Å². The highest BCUT2D eigenvalue weighted by molar-refractivity contribution is 5.70. The van der Waals surface area contributed by atoms with Crippen molar-refractivity contribution in [3.63, 3.8) is 0 Å². The SMILES string of the molecule is COc1cccc(-c2ccc(-c3noc(-c4ccccc4OC)n3)c(OC)n2)c1. The van der Waals surface area contributed by atoms with E-state index in [2.05, 4.69) is 15.1 Å². The van der Waals surface area contributed by atoms with E-state index in [4.69, 9.17) is 18.7 Å². The van der Waals surface area contributed by atoms with Crippen molar-refractivity contribution in [3.8, 4) is 51.5 Å². The summed E-state index contributed by atoms with van der Waals surface area (Å²) in [7, 11) is 4.79. The first-order valence-electron chi connectivity index (χ1n) is 8.90. The molecule has 0 spiro atoms. The Hall–Kier alpha value is -3.87. The minimum atomic E-state index is 0.358. The highest BCUT2D eigenvalue weighted by Crippen LogP contribution is 2.33. The van der Waals surface area contributed by atoms with E-state index in [0.29, 0.717) is 34.5 Å². The molecule has 0 saturated heterocycles. The van der Waals surface area contributed by atoms with Crippen LogP contribution in [-0.4, -0.2) is 36.5 Å². The average Bonchev–Trinajstić information content (AvgIpc) is 3.28. The van der Waals surface area contributed by atoms with Gasteiger partial charge in [0.2, 0.25) is 11.7 Å². The summed E-state index contributed by atoms with van der Waals surface area (Å²) >= 11 is 0. The molecule has 7 nitrogen and oxygen atoms in total. The van der Waals surface area contributed by atoms with Gasteiger partial charge in [-0.1, -0.05) is 29.4 Å². The van der Waals surface area contributed by atoms with Gasteiger partial charge in [0.05, 0.1) is 38.2 Å². The molecule has 29 heavy (non-hydrogen) atoms. The van der Waals surface area contributed by atoms with Crippen LogP contribution in [-0.2, 0) is 0 Å². The quantitative estimate of drug-likeness (QED) is 0.481. The van der Waals surface area contributed by atoms with Gasteiger partial charge >= 0.3 is 0 Å². The molecule has 0 aliphatic rings. The third kappa shape index (κ3) is 3.62. The van der Waals surface area contributed by atoms with E-state index in [1.807, 2.05) is 60.7 Å². The second-order valence-electron chi connectivity index (χ2n) is 6.11. The fraction of sp³-hybridized carbons (Fsp3) is 0.136. The molecule has 0 aliphatic carbocycles. The van der Waals surface area contributed by atoms with Crippen LogP contribution >= 0.6 is 0 Å². The van der Waals surface area contributed by atoms with E-state index in [1.165, 1.54) is 0 Å². The Kier molecular flexibility index (Phi) is 5.11. The fourth-order valence-corrected chi connectivity index (χ4v) is 2.97. The molecule has 7 heteroatoms. The Labute approximate surface area is 167 Å². The number of aromatic nitrogens is 3. The molecule has 0 unspecified atom stereocenters. The molecular formula is C22H19N3O4. The molecule has 146 valence electrons. The molecule has 0 bridgehead atoms. The van der Waals surface area contributed by atoms with Crippen LogP contribution in [0.25, 0.3) is 34.1 Å². The van der Waals surface area contributed by atoms with Gasteiger partial charge < -0.3 is 18.7 Å². The van der Waals surface area contributed by atoms with Gasteiger partial charge in [0, 0.05) is 5.56 Å². The van der Waals surface area contributed by atoms with Crippen LogP contribution in [0.2, 0.25) is 0 Å². The van der Waals surface area contributed by atoms with Crippen LogP contribution in [0.15, 0.2) is 65.2 Å². The summed E-state index contributed by atoms with van der Waals surface area (Å²) in [5.41, 5.74) is 3.01. The Morgan fingerprint density at radius 2 is 1.62 bits per heavy atom. The van der Waals surface area contributed by atoms with Crippen molar-refractivity contribution in [1.82, 2.24) is 15.1 Å². The number of para-hydroxylation sites is 1. The lowest BCUT2D eigenvalue weighted by Crippen LogP contribution is -1.95. The van der Waals surface area contributed by atoms with Gasteiger partial charge in [0.1, 0.15) is 11.5 Å². The second-order valence-corrected chi connectivity index (χ2v) is 6.11. The van der Waals surface area contributed by atoms with E-state index in [1.54, 1.807) is 21.3 Å². The minimum absolute atomic E-state index is 0.358. The molecule has 4 rings (SSSR count). The maximum absolute atomic E-state index is 5.49. The first kappa shape index (κ1) is 18.5. The topological polar surface area (TPSA) is 79.5 Å². The van der Waals surface area contributed by atoms with E-state index in [-0.39, 0.29) is 0 Å². The summed E-state index contributed by atoms with van der Waals surface area (Å²) in [6.07, 6.45) is 0. The standard InChI is InChI=1S/C22H19N3O4/c1-26-15-8-6-7-14(13-15)18-12-11-17(21(23-18)28-3)20-24-22(29-25-20)16-9-4-5-10-19(16)27-2/h4-13H,1-3H3. The maximum Gasteiger partial charge on any atom is 0.262 e. The molecule has 0 amide bonds. The number of methoxy groups -OCH3 is 3. The second kappa shape index (κ2) is 8.02. The molecule has 2 aromatic carbocycles. The summed E-state index contributed by atoms with van der Waals surface area (Å²) in [5.74, 6) is 2.55. The van der Waals surface area contributed by atoms with Crippen LogP contribution in [0.1, 0.15) is 0 Å². The number of rotatable bonds is 6. The number of hydrogen-bond acceptors (Lipinski definition) is 7. The van der Waals surface area contributed by atoms with Gasteiger partial charge in [0.15, 0.2) is 0 Å². The largest absolute Gasteiger partial charge is 0.497 e. The van der Waals surface area contributed by atoms with Gasteiger partial charge in [-0.25, -0.2) is 4.98 Å². The zero-order valence-electron chi connectivity index (χ0n) is 16.2. The van der Waals surface area contributed by atoms with Crippen molar-refractivity contribution in [2.75, 3.05) is 21.3 Å². The van der Waals surface area contributed by atoms with Gasteiger partial charge in [-0.2, -0.15) is 4.98 Å². The summed E-state index contributed by atoms with van der Waals surface area (Å²) in [6.45, 7) is 0. The number of nitrogens with zero attached hydrogens (tertiary/aromatic N) is 3. The lowest BCUT2D eigenvalue weighted by Gasteiger charge is -2.08. The summed E-state index contributed by atoms with van der Waals surface area (Å²) in [5, 5.41) is 4.09. The molecule has 2 aromatic heterocycles. The zero-order valence-corrected chi connectivity index (χ0v) is 16.2. The lowest BCUT2D eigenvalue weighted by atomic mass is 10.1. The molecule has 0 saturated carbocycles. The highest BCUT2D eigenvalue weighted by Gasteiger charge is 2.18. The Morgan fingerprint density at radius 3 is 2.41 bits per heavy atom. The Balaban J connectivity index is 1.72. The molecule has 2 heterocycles. The van der Waals surface area contributed by atoms with Gasteiger partial charge in [0.25, 0.3) is 5.89 Å². The smallest absolute Gasteiger partial charge is 0.262 e. The van der Waals surface area contributed by atoms with Crippen LogP contribution in [0.4, 0.5) is 0 Å². The Bertz CT molecular complexity index is 1140. The molecule has 0 N–H and O–H groups in total. The molecule has 0 fully saturated rings. The van der Waals surface area contributed by atoms with Gasteiger partial charge in [-0.05, 0) is 36.4 Å². The number of benzene rings is 2. The molecule has 4 aromatic rings. The molecule has 0 aliphatic heterocycles. The van der Waals surface area contributed by atoms with Crippen molar-refractivity contribution in [2.45, 2.75) is 0 Å². The molecule has 0 atom stereocenters. The van der Waals surface area contributed by atoms with E-state index < -0.39 is 0 Å². The van der Waals surface area contributed by atoms with Crippen molar-refractivity contribution >= 4 is 0 Å². The van der Waals surface area contributed by atoms with Crippen molar-refractivity contribution in [3.05, 3.63) is 60.7 Å². The van der Waals surface area contributed by atoms with Gasteiger partial charge in [-0.15, -0.1) is 0 Å². The average molecular weight is 389 g/mol. The monoisotopic (exact) mass is 389 g/mol. The predicted octanol–water partition coefficient (Wildman–Crippen LogP) is 4.49. The predicted molar refractivity (Wildman–Crippen MR) is 108 cm³/mol. The maximum atomic E-state index is 5.49. The van der Waals surface area contributed by atoms with Crippen molar-refractivity contribution < 1.29 is 18.7 Å².